The summed E-state index contributed by atoms with van der Waals surface area (Å²) in [6.07, 6.45) is 2.64. The lowest BCUT2D eigenvalue weighted by Gasteiger charge is -1.91. The number of esters is 2. The molecular weight excluding hydrogens is 172 g/mol. The Morgan fingerprint density at radius 2 is 2.15 bits per heavy atom. The number of carbonyl (C=O) groups is 2. The summed E-state index contributed by atoms with van der Waals surface area (Å²) < 4.78 is 8.95. The van der Waals surface area contributed by atoms with Gasteiger partial charge in [0.25, 0.3) is 0 Å². The minimum Gasteiger partial charge on any atom is -0.469 e. The lowest BCUT2D eigenvalue weighted by atomic mass is 10.4. The highest BCUT2D eigenvalue weighted by Gasteiger charge is 1.93. The highest BCUT2D eigenvalue weighted by Crippen LogP contribution is 1.85. The largest absolute Gasteiger partial charge is 0.469 e. The topological polar surface area (TPSA) is 52.6 Å². The smallest absolute Gasteiger partial charge is 0.338 e. The van der Waals surface area contributed by atoms with Crippen LogP contribution in [0.1, 0.15) is 13.3 Å². The Bertz CT molecular complexity index is 236. The van der Waals surface area contributed by atoms with Gasteiger partial charge in [-0.15, -0.1) is 5.73 Å². The zero-order valence-corrected chi connectivity index (χ0v) is 7.70. The molecule has 0 bridgehead atoms. The third-order valence-electron chi connectivity index (χ3n) is 1.10. The van der Waals surface area contributed by atoms with Crippen molar-refractivity contribution in [1.82, 2.24) is 0 Å². The van der Waals surface area contributed by atoms with Crippen LogP contribution in [-0.2, 0) is 19.1 Å². The molecule has 0 aromatic heterocycles. The predicted molar refractivity (Wildman–Crippen MR) is 45.9 cm³/mol. The van der Waals surface area contributed by atoms with Gasteiger partial charge in [-0.05, 0) is 13.0 Å². The SMILES string of the molecule is CCOC(=O)C=C=CCC(=O)OC. The zero-order valence-electron chi connectivity index (χ0n) is 7.70. The minimum atomic E-state index is -0.469. The third-order valence-corrected chi connectivity index (χ3v) is 1.10. The predicted octanol–water partition coefficient (Wildman–Crippen LogP) is 0.824. The molecule has 0 unspecified atom stereocenters. The summed E-state index contributed by atoms with van der Waals surface area (Å²) in [5.41, 5.74) is 2.51. The van der Waals surface area contributed by atoms with Crippen molar-refractivity contribution < 1.29 is 19.1 Å². The van der Waals surface area contributed by atoms with E-state index in [0.29, 0.717) is 6.61 Å². The summed E-state index contributed by atoms with van der Waals surface area (Å²) in [6, 6.07) is 0. The molecule has 0 aromatic carbocycles. The van der Waals surface area contributed by atoms with E-state index in [1.807, 2.05) is 0 Å². The fourth-order valence-corrected chi connectivity index (χ4v) is 0.536. The Balaban J connectivity index is 3.82. The summed E-state index contributed by atoms with van der Waals surface area (Å²) in [7, 11) is 1.30. The van der Waals surface area contributed by atoms with Crippen LogP contribution in [0.3, 0.4) is 0 Å². The van der Waals surface area contributed by atoms with Crippen molar-refractivity contribution in [3.8, 4) is 0 Å². The molecule has 72 valence electrons. The standard InChI is InChI=1S/C9H12O4/c1-3-13-9(11)7-5-4-6-8(10)12-2/h4,7H,3,6H2,1-2H3. The fraction of sp³-hybridized carbons (Fsp3) is 0.444. The summed E-state index contributed by atoms with van der Waals surface area (Å²) in [5, 5.41) is 0. The Morgan fingerprint density at radius 1 is 1.46 bits per heavy atom. The molecule has 4 heteroatoms. The van der Waals surface area contributed by atoms with Crippen LogP contribution in [0.15, 0.2) is 17.9 Å². The Morgan fingerprint density at radius 3 is 2.69 bits per heavy atom. The maximum atomic E-state index is 10.7. The van der Waals surface area contributed by atoms with E-state index in [4.69, 9.17) is 0 Å². The molecule has 0 atom stereocenters. The van der Waals surface area contributed by atoms with E-state index in [1.54, 1.807) is 6.92 Å². The number of hydrogen-bond acceptors (Lipinski definition) is 4. The lowest BCUT2D eigenvalue weighted by Crippen LogP contribution is -1.98. The summed E-state index contributed by atoms with van der Waals surface area (Å²) in [6.45, 7) is 2.04. The molecule has 0 heterocycles. The van der Waals surface area contributed by atoms with Crippen LogP contribution in [0.25, 0.3) is 0 Å². The van der Waals surface area contributed by atoms with Crippen LogP contribution in [0.4, 0.5) is 0 Å². The van der Waals surface area contributed by atoms with Crippen LogP contribution in [0.2, 0.25) is 0 Å². The van der Waals surface area contributed by atoms with E-state index in [9.17, 15) is 9.59 Å². The summed E-state index contributed by atoms with van der Waals surface area (Å²) in [5.74, 6) is -0.839. The number of rotatable bonds is 4. The molecule has 13 heavy (non-hydrogen) atoms. The van der Waals surface area contributed by atoms with Gasteiger partial charge in [-0.1, -0.05) is 0 Å². The van der Waals surface area contributed by atoms with Gasteiger partial charge < -0.3 is 9.47 Å². The summed E-state index contributed by atoms with van der Waals surface area (Å²) in [4.78, 5) is 21.2. The molecule has 4 nitrogen and oxygen atoms in total. The van der Waals surface area contributed by atoms with Crippen LogP contribution >= 0.6 is 0 Å². The first-order chi connectivity index (χ1) is 6.20. The van der Waals surface area contributed by atoms with Crippen LogP contribution < -0.4 is 0 Å². The number of methoxy groups -OCH3 is 1. The van der Waals surface area contributed by atoms with Gasteiger partial charge >= 0.3 is 11.9 Å². The van der Waals surface area contributed by atoms with E-state index in [-0.39, 0.29) is 12.4 Å². The van der Waals surface area contributed by atoms with E-state index in [2.05, 4.69) is 15.2 Å². The van der Waals surface area contributed by atoms with E-state index >= 15 is 0 Å². The normalized spacial score (nSPS) is 8.15. The second-order valence-electron chi connectivity index (χ2n) is 2.05. The minimum absolute atomic E-state index is 0.104. The van der Waals surface area contributed by atoms with Gasteiger partial charge in [0.2, 0.25) is 0 Å². The Labute approximate surface area is 76.8 Å². The maximum Gasteiger partial charge on any atom is 0.338 e. The molecule has 0 radical (unpaired) electrons. The quantitative estimate of drug-likeness (QED) is 0.369. The van der Waals surface area contributed by atoms with Gasteiger partial charge in [0.1, 0.15) is 0 Å². The first-order valence-electron chi connectivity index (χ1n) is 3.85. The van der Waals surface area contributed by atoms with Crippen molar-refractivity contribution in [2.45, 2.75) is 13.3 Å². The van der Waals surface area contributed by atoms with Crippen molar-refractivity contribution in [2.24, 2.45) is 0 Å². The summed E-state index contributed by atoms with van der Waals surface area (Å²) >= 11 is 0. The zero-order chi connectivity index (χ0) is 10.1. The van der Waals surface area contributed by atoms with Crippen LogP contribution in [0.5, 0.6) is 0 Å². The highest BCUT2D eigenvalue weighted by atomic mass is 16.5. The maximum absolute atomic E-state index is 10.7. The van der Waals surface area contributed by atoms with Crippen molar-refractivity contribution in [1.29, 1.82) is 0 Å². The van der Waals surface area contributed by atoms with Crippen molar-refractivity contribution in [3.05, 3.63) is 17.9 Å². The second-order valence-corrected chi connectivity index (χ2v) is 2.05. The third kappa shape index (κ3) is 6.84. The second kappa shape index (κ2) is 7.13. The van der Waals surface area contributed by atoms with E-state index in [1.165, 1.54) is 13.2 Å². The van der Waals surface area contributed by atoms with Crippen LogP contribution in [-0.4, -0.2) is 25.7 Å². The average molecular weight is 184 g/mol. The molecule has 0 spiro atoms. The van der Waals surface area contributed by atoms with E-state index in [0.717, 1.165) is 6.08 Å². The first kappa shape index (κ1) is 11.5. The average Bonchev–Trinajstić information content (AvgIpc) is 2.12. The van der Waals surface area contributed by atoms with Crippen molar-refractivity contribution in [3.63, 3.8) is 0 Å². The van der Waals surface area contributed by atoms with Gasteiger partial charge in [-0.25, -0.2) is 4.79 Å². The highest BCUT2D eigenvalue weighted by molar-refractivity contribution is 5.81. The lowest BCUT2D eigenvalue weighted by molar-refractivity contribution is -0.139. The van der Waals surface area contributed by atoms with Crippen LogP contribution in [0, 0.1) is 0 Å². The van der Waals surface area contributed by atoms with Gasteiger partial charge in [-0.2, -0.15) is 0 Å². The van der Waals surface area contributed by atoms with Gasteiger partial charge in [0.05, 0.1) is 26.2 Å². The van der Waals surface area contributed by atoms with Gasteiger partial charge in [0, 0.05) is 0 Å². The monoisotopic (exact) mass is 184 g/mol. The first-order valence-corrected chi connectivity index (χ1v) is 3.85. The van der Waals surface area contributed by atoms with Crippen molar-refractivity contribution >= 4 is 11.9 Å². The molecule has 0 amide bonds. The molecule has 0 aliphatic rings. The van der Waals surface area contributed by atoms with Crippen molar-refractivity contribution in [2.75, 3.05) is 13.7 Å². The number of ether oxygens (including phenoxy) is 2. The number of hydrogen-bond donors (Lipinski definition) is 0. The molecule has 0 fully saturated rings. The Hall–Kier alpha value is -1.54. The molecule has 0 saturated heterocycles. The molecule has 0 N–H and O–H groups in total. The van der Waals surface area contributed by atoms with E-state index < -0.39 is 5.97 Å². The Kier molecular flexibility index (Phi) is 6.28. The molecule has 0 saturated carbocycles. The molecule has 0 aliphatic heterocycles. The van der Waals surface area contributed by atoms with Gasteiger partial charge in [0.15, 0.2) is 0 Å². The fourth-order valence-electron chi connectivity index (χ4n) is 0.536. The number of carbonyl (C=O) groups excluding carboxylic acids is 2. The molecule has 0 aromatic rings. The van der Waals surface area contributed by atoms with Gasteiger partial charge in [-0.3, -0.25) is 4.79 Å². The molecular formula is C9H12O4. The molecule has 0 aliphatic carbocycles. The molecule has 0 rings (SSSR count).